The van der Waals surface area contributed by atoms with Crippen LogP contribution in [-0.4, -0.2) is 42.7 Å². The summed E-state index contributed by atoms with van der Waals surface area (Å²) in [6.07, 6.45) is 1.65. The predicted octanol–water partition coefficient (Wildman–Crippen LogP) is 1.58. The molecule has 2 aliphatic rings. The molecule has 9 heteroatoms. The molecule has 2 aliphatic heterocycles. The molecule has 0 saturated carbocycles. The van der Waals surface area contributed by atoms with Gasteiger partial charge in [0.1, 0.15) is 42.1 Å². The minimum absolute atomic E-state index is 0.0106. The van der Waals surface area contributed by atoms with E-state index in [0.29, 0.717) is 30.0 Å². The monoisotopic (exact) mass is 421 g/mol. The molecule has 1 saturated heterocycles. The van der Waals surface area contributed by atoms with Gasteiger partial charge in [-0.15, -0.1) is 0 Å². The first-order chi connectivity index (χ1) is 15.1. The molecule has 0 aliphatic carbocycles. The third-order valence-electron chi connectivity index (χ3n) is 5.26. The van der Waals surface area contributed by atoms with Gasteiger partial charge in [0, 0.05) is 42.5 Å². The molecule has 1 fully saturated rings. The maximum atomic E-state index is 14.9. The molecule has 1 aromatic heterocycles. The van der Waals surface area contributed by atoms with E-state index in [-0.39, 0.29) is 24.3 Å². The molecule has 2 aromatic rings. The number of pyridine rings is 1. The van der Waals surface area contributed by atoms with Crippen molar-refractivity contribution in [1.82, 2.24) is 15.6 Å². The Labute approximate surface area is 178 Å². The highest BCUT2D eigenvalue weighted by atomic mass is 19.1. The lowest BCUT2D eigenvalue weighted by molar-refractivity contribution is -0.132. The summed E-state index contributed by atoms with van der Waals surface area (Å²) in [5, 5.41) is 24.2. The zero-order chi connectivity index (χ0) is 21.8. The molecule has 0 radical (unpaired) electrons. The summed E-state index contributed by atoms with van der Waals surface area (Å²) < 4.78 is 26.1. The molecule has 4 rings (SSSR count). The fourth-order valence-corrected chi connectivity index (χ4v) is 3.65. The maximum Gasteiger partial charge on any atom is 0.251 e. The topological polar surface area (TPSA) is 120 Å². The fraction of sp³-hybridized carbons (Fsp3) is 0.364. The number of amides is 1. The second-order valence-electron chi connectivity index (χ2n) is 7.38. The van der Waals surface area contributed by atoms with E-state index in [0.717, 1.165) is 18.5 Å². The van der Waals surface area contributed by atoms with Crippen molar-refractivity contribution in [2.24, 2.45) is 0 Å². The van der Waals surface area contributed by atoms with Crippen LogP contribution in [0, 0.1) is 28.5 Å². The summed E-state index contributed by atoms with van der Waals surface area (Å²) in [6.45, 7) is 1.83. The molecule has 1 aromatic carbocycles. The van der Waals surface area contributed by atoms with Crippen LogP contribution in [0.4, 0.5) is 4.39 Å². The number of halogens is 1. The van der Waals surface area contributed by atoms with Gasteiger partial charge in [-0.3, -0.25) is 4.79 Å². The number of hydrogen-bond acceptors (Lipinski definition) is 7. The smallest absolute Gasteiger partial charge is 0.251 e. The van der Waals surface area contributed by atoms with Crippen LogP contribution in [0.3, 0.4) is 0 Å². The van der Waals surface area contributed by atoms with Gasteiger partial charge in [-0.1, -0.05) is 0 Å². The van der Waals surface area contributed by atoms with Gasteiger partial charge in [0.2, 0.25) is 0 Å². The van der Waals surface area contributed by atoms with E-state index in [2.05, 4.69) is 15.6 Å². The number of carbonyl (C=O) groups is 1. The normalized spacial score (nSPS) is 18.2. The summed E-state index contributed by atoms with van der Waals surface area (Å²) in [5.41, 5.74) is 2.52. The highest BCUT2D eigenvalue weighted by Crippen LogP contribution is 2.39. The number of rotatable bonds is 4. The largest absolute Gasteiger partial charge is 0.488 e. The van der Waals surface area contributed by atoms with E-state index in [4.69, 9.17) is 14.7 Å². The molecule has 0 bridgehead atoms. The van der Waals surface area contributed by atoms with Gasteiger partial charge in [0.15, 0.2) is 0 Å². The highest BCUT2D eigenvalue weighted by Gasteiger charge is 2.26. The van der Waals surface area contributed by atoms with Gasteiger partial charge in [0.05, 0.1) is 6.07 Å². The number of benzene rings is 1. The van der Waals surface area contributed by atoms with Gasteiger partial charge >= 0.3 is 0 Å². The minimum Gasteiger partial charge on any atom is -0.488 e. The van der Waals surface area contributed by atoms with Crippen LogP contribution in [0.25, 0.3) is 11.1 Å². The summed E-state index contributed by atoms with van der Waals surface area (Å²) in [6, 6.07) is 7.58. The maximum absolute atomic E-state index is 14.9. The predicted molar refractivity (Wildman–Crippen MR) is 107 cm³/mol. The molecule has 0 spiro atoms. The van der Waals surface area contributed by atoms with Crippen molar-refractivity contribution in [3.05, 3.63) is 47.0 Å². The Bertz CT molecular complexity index is 1080. The first-order valence-electron chi connectivity index (χ1n) is 9.96. The van der Waals surface area contributed by atoms with E-state index in [1.165, 1.54) is 12.3 Å². The fourth-order valence-electron chi connectivity index (χ4n) is 3.65. The first-order valence-corrected chi connectivity index (χ1v) is 9.96. The van der Waals surface area contributed by atoms with Crippen LogP contribution in [0.1, 0.15) is 23.2 Å². The van der Waals surface area contributed by atoms with Gasteiger partial charge in [-0.2, -0.15) is 10.5 Å². The lowest BCUT2D eigenvalue weighted by Gasteiger charge is -2.22. The van der Waals surface area contributed by atoms with Crippen molar-refractivity contribution in [1.29, 1.82) is 10.5 Å². The Morgan fingerprint density at radius 1 is 1.35 bits per heavy atom. The Hall–Kier alpha value is -3.53. The minimum atomic E-state index is -0.914. The van der Waals surface area contributed by atoms with Crippen LogP contribution in [0.15, 0.2) is 24.4 Å². The second kappa shape index (κ2) is 9.09. The van der Waals surface area contributed by atoms with Gasteiger partial charge < -0.3 is 20.1 Å². The molecule has 3 heterocycles. The van der Waals surface area contributed by atoms with E-state index in [1.807, 2.05) is 12.1 Å². The van der Waals surface area contributed by atoms with Crippen LogP contribution in [-0.2, 0) is 22.6 Å². The number of nitrogens with zero attached hydrogens (tertiary/aromatic N) is 3. The average Bonchev–Trinajstić information content (AvgIpc) is 3.08. The number of ether oxygens (including phenoxy) is 2. The lowest BCUT2D eigenvalue weighted by atomic mass is 9.95. The SMILES string of the molecule is N#Cc1cc2c(cn1)-c1cc(F)c(CC(C#N)NC(=O)C3CNCCCO3)cc1OC2. The molecule has 158 valence electrons. The summed E-state index contributed by atoms with van der Waals surface area (Å²) in [5.74, 6) is -0.444. The van der Waals surface area contributed by atoms with Crippen molar-refractivity contribution in [3.63, 3.8) is 0 Å². The van der Waals surface area contributed by atoms with Crippen LogP contribution in [0.2, 0.25) is 0 Å². The third-order valence-corrected chi connectivity index (χ3v) is 5.26. The van der Waals surface area contributed by atoms with Crippen molar-refractivity contribution in [3.8, 4) is 29.0 Å². The van der Waals surface area contributed by atoms with Gasteiger partial charge in [-0.05, 0) is 36.7 Å². The number of hydrogen-bond donors (Lipinski definition) is 2. The second-order valence-corrected chi connectivity index (χ2v) is 7.38. The number of aromatic nitrogens is 1. The van der Waals surface area contributed by atoms with Crippen LogP contribution in [0.5, 0.6) is 5.75 Å². The summed E-state index contributed by atoms with van der Waals surface area (Å²) in [4.78, 5) is 16.5. The third kappa shape index (κ3) is 4.48. The van der Waals surface area contributed by atoms with Gasteiger partial charge in [-0.25, -0.2) is 9.37 Å². The number of nitrogens with one attached hydrogen (secondary N) is 2. The van der Waals surface area contributed by atoms with E-state index in [1.54, 1.807) is 12.1 Å². The number of nitriles is 2. The summed E-state index contributed by atoms with van der Waals surface area (Å²) in [7, 11) is 0. The van der Waals surface area contributed by atoms with Crippen LogP contribution >= 0.6 is 0 Å². The Morgan fingerprint density at radius 2 is 2.23 bits per heavy atom. The quantitative estimate of drug-likeness (QED) is 0.769. The zero-order valence-electron chi connectivity index (χ0n) is 16.7. The Balaban J connectivity index is 1.52. The van der Waals surface area contributed by atoms with Crippen molar-refractivity contribution < 1.29 is 18.7 Å². The lowest BCUT2D eigenvalue weighted by Crippen LogP contribution is -2.46. The van der Waals surface area contributed by atoms with Crippen molar-refractivity contribution >= 4 is 5.91 Å². The van der Waals surface area contributed by atoms with Crippen molar-refractivity contribution in [2.45, 2.75) is 31.6 Å². The van der Waals surface area contributed by atoms with E-state index >= 15 is 0 Å². The zero-order valence-corrected chi connectivity index (χ0v) is 16.7. The first kappa shape index (κ1) is 20.7. The molecule has 1 amide bonds. The molecular formula is C22H20FN5O3. The molecule has 2 atom stereocenters. The summed E-state index contributed by atoms with van der Waals surface area (Å²) >= 11 is 0. The van der Waals surface area contributed by atoms with Gasteiger partial charge in [0.25, 0.3) is 5.91 Å². The highest BCUT2D eigenvalue weighted by molar-refractivity contribution is 5.81. The molecule has 8 nitrogen and oxygen atoms in total. The Kier molecular flexibility index (Phi) is 6.08. The molecular weight excluding hydrogens is 401 g/mol. The average molecular weight is 421 g/mol. The van der Waals surface area contributed by atoms with E-state index in [9.17, 15) is 14.4 Å². The number of carbonyl (C=O) groups excluding carboxylic acids is 1. The standard InChI is InChI=1S/C22H20FN5O3/c23-19-7-17-18-10-27-15(8-24)5-14(18)12-31-20(17)6-13(19)4-16(9-25)28-22(29)21-11-26-2-1-3-30-21/h5-7,10,16,21,26H,1-4,11-12H2,(H,28,29). The molecule has 2 N–H and O–H groups in total. The van der Waals surface area contributed by atoms with Crippen molar-refractivity contribution in [2.75, 3.05) is 19.7 Å². The molecule has 31 heavy (non-hydrogen) atoms. The Morgan fingerprint density at radius 3 is 3.03 bits per heavy atom. The van der Waals surface area contributed by atoms with Crippen LogP contribution < -0.4 is 15.4 Å². The van der Waals surface area contributed by atoms with E-state index < -0.39 is 23.9 Å². The molecule has 2 unspecified atom stereocenters. The number of fused-ring (bicyclic) bond motifs is 3.